The Kier molecular flexibility index (Phi) is 3.72. The predicted molar refractivity (Wildman–Crippen MR) is 65.3 cm³/mol. The summed E-state index contributed by atoms with van der Waals surface area (Å²) in [6.45, 7) is 8.35. The van der Waals surface area contributed by atoms with Crippen molar-refractivity contribution in [1.29, 1.82) is 0 Å². The highest BCUT2D eigenvalue weighted by Crippen LogP contribution is 2.20. The van der Waals surface area contributed by atoms with Gasteiger partial charge in [-0.15, -0.1) is 0 Å². The zero-order chi connectivity index (χ0) is 11.5. The normalized spacial score (nSPS) is 31.6. The van der Waals surface area contributed by atoms with Crippen molar-refractivity contribution in [1.82, 2.24) is 9.80 Å². The fourth-order valence-electron chi connectivity index (χ4n) is 2.93. The summed E-state index contributed by atoms with van der Waals surface area (Å²) in [4.78, 5) is 16.4. The SMILES string of the molecule is CC1CCCN(C(=O)N2CCCC(C)C2)C1. The summed E-state index contributed by atoms with van der Waals surface area (Å²) in [6, 6.07) is 0.290. The molecule has 3 heteroatoms. The molecule has 0 aromatic heterocycles. The fraction of sp³-hybridized carbons (Fsp3) is 0.923. The lowest BCUT2D eigenvalue weighted by Gasteiger charge is -2.38. The van der Waals surface area contributed by atoms with Crippen molar-refractivity contribution < 1.29 is 4.79 Å². The molecule has 0 aliphatic carbocycles. The number of carbonyl (C=O) groups is 1. The summed E-state index contributed by atoms with van der Waals surface area (Å²) < 4.78 is 0. The summed E-state index contributed by atoms with van der Waals surface area (Å²) in [5, 5.41) is 0. The van der Waals surface area contributed by atoms with Crippen molar-refractivity contribution in [2.24, 2.45) is 11.8 Å². The number of piperidine rings is 2. The van der Waals surface area contributed by atoms with Crippen LogP contribution in [-0.4, -0.2) is 42.0 Å². The van der Waals surface area contributed by atoms with Crippen LogP contribution in [0.15, 0.2) is 0 Å². The molecule has 3 nitrogen and oxygen atoms in total. The van der Waals surface area contributed by atoms with Crippen LogP contribution >= 0.6 is 0 Å². The molecule has 2 amide bonds. The Morgan fingerprint density at radius 3 is 1.75 bits per heavy atom. The molecule has 0 aromatic carbocycles. The third-order valence-electron chi connectivity index (χ3n) is 3.86. The number of nitrogens with zero attached hydrogens (tertiary/aromatic N) is 2. The smallest absolute Gasteiger partial charge is 0.320 e. The van der Waals surface area contributed by atoms with Gasteiger partial charge in [0.05, 0.1) is 0 Å². The van der Waals surface area contributed by atoms with E-state index >= 15 is 0 Å². The van der Waals surface area contributed by atoms with E-state index in [1.807, 2.05) is 0 Å². The number of rotatable bonds is 0. The second-order valence-corrected chi connectivity index (χ2v) is 5.67. The van der Waals surface area contributed by atoms with E-state index in [1.54, 1.807) is 0 Å². The molecular weight excluding hydrogens is 200 g/mol. The molecule has 0 radical (unpaired) electrons. The van der Waals surface area contributed by atoms with Crippen LogP contribution in [0.2, 0.25) is 0 Å². The summed E-state index contributed by atoms with van der Waals surface area (Å²) in [6.07, 6.45) is 4.91. The molecule has 2 heterocycles. The van der Waals surface area contributed by atoms with E-state index in [0.717, 1.165) is 26.2 Å². The van der Waals surface area contributed by atoms with Crippen LogP contribution in [0.25, 0.3) is 0 Å². The van der Waals surface area contributed by atoms with Crippen molar-refractivity contribution in [3.63, 3.8) is 0 Å². The maximum Gasteiger partial charge on any atom is 0.320 e. The van der Waals surface area contributed by atoms with Crippen molar-refractivity contribution in [2.75, 3.05) is 26.2 Å². The number of hydrogen-bond acceptors (Lipinski definition) is 1. The van der Waals surface area contributed by atoms with Gasteiger partial charge in [-0.05, 0) is 37.5 Å². The molecule has 2 saturated heterocycles. The van der Waals surface area contributed by atoms with Crippen LogP contribution in [0.3, 0.4) is 0 Å². The highest BCUT2D eigenvalue weighted by atomic mass is 16.2. The molecule has 2 fully saturated rings. The molecule has 0 spiro atoms. The Bertz CT molecular complexity index is 230. The Labute approximate surface area is 98.8 Å². The average molecular weight is 224 g/mol. The van der Waals surface area contributed by atoms with Gasteiger partial charge >= 0.3 is 6.03 Å². The van der Waals surface area contributed by atoms with Crippen LogP contribution in [-0.2, 0) is 0 Å². The van der Waals surface area contributed by atoms with Crippen molar-refractivity contribution in [3.8, 4) is 0 Å². The standard InChI is InChI=1S/C13H24N2O/c1-11-5-3-7-14(9-11)13(16)15-8-4-6-12(2)10-15/h11-12H,3-10H2,1-2H3. The molecule has 0 N–H and O–H groups in total. The maximum absolute atomic E-state index is 12.3. The largest absolute Gasteiger partial charge is 0.324 e. The van der Waals surface area contributed by atoms with E-state index in [0.29, 0.717) is 11.8 Å². The van der Waals surface area contributed by atoms with Crippen molar-refractivity contribution in [3.05, 3.63) is 0 Å². The molecule has 2 unspecified atom stereocenters. The predicted octanol–water partition coefficient (Wildman–Crippen LogP) is 2.57. The van der Waals surface area contributed by atoms with Gasteiger partial charge in [0.25, 0.3) is 0 Å². The summed E-state index contributed by atoms with van der Waals surface area (Å²) >= 11 is 0. The number of likely N-dealkylation sites (tertiary alicyclic amines) is 2. The van der Waals surface area contributed by atoms with Gasteiger partial charge in [0.15, 0.2) is 0 Å². The second-order valence-electron chi connectivity index (χ2n) is 5.67. The third kappa shape index (κ3) is 2.69. The summed E-state index contributed by atoms with van der Waals surface area (Å²) in [5.74, 6) is 1.36. The average Bonchev–Trinajstić information content (AvgIpc) is 2.28. The first-order chi connectivity index (χ1) is 7.66. The molecule has 2 aliphatic heterocycles. The fourth-order valence-corrected chi connectivity index (χ4v) is 2.93. The van der Waals surface area contributed by atoms with Gasteiger partial charge in [-0.1, -0.05) is 13.8 Å². The van der Waals surface area contributed by atoms with Gasteiger partial charge in [0, 0.05) is 26.2 Å². The van der Waals surface area contributed by atoms with Crippen LogP contribution in [0.1, 0.15) is 39.5 Å². The molecule has 0 saturated carbocycles. The highest BCUT2D eigenvalue weighted by molar-refractivity contribution is 5.74. The molecular formula is C13H24N2O. The number of urea groups is 1. The van der Waals surface area contributed by atoms with Gasteiger partial charge in [-0.2, -0.15) is 0 Å². The highest BCUT2D eigenvalue weighted by Gasteiger charge is 2.27. The number of hydrogen-bond donors (Lipinski definition) is 0. The molecule has 16 heavy (non-hydrogen) atoms. The van der Waals surface area contributed by atoms with Crippen molar-refractivity contribution >= 4 is 6.03 Å². The topological polar surface area (TPSA) is 23.6 Å². The molecule has 0 aromatic rings. The van der Waals surface area contributed by atoms with Gasteiger partial charge in [-0.3, -0.25) is 0 Å². The monoisotopic (exact) mass is 224 g/mol. The second kappa shape index (κ2) is 5.07. The first-order valence-corrected chi connectivity index (χ1v) is 6.70. The van der Waals surface area contributed by atoms with Crippen LogP contribution in [0.5, 0.6) is 0 Å². The quantitative estimate of drug-likeness (QED) is 0.620. The molecule has 2 atom stereocenters. The van der Waals surface area contributed by atoms with Crippen LogP contribution in [0.4, 0.5) is 4.79 Å². The summed E-state index contributed by atoms with van der Waals surface area (Å²) in [7, 11) is 0. The Morgan fingerprint density at radius 1 is 0.938 bits per heavy atom. The van der Waals surface area contributed by atoms with Gasteiger partial charge < -0.3 is 9.80 Å². The Hall–Kier alpha value is -0.730. The van der Waals surface area contributed by atoms with Crippen molar-refractivity contribution in [2.45, 2.75) is 39.5 Å². The number of carbonyl (C=O) groups excluding carboxylic acids is 1. The molecule has 2 aliphatic rings. The molecule has 92 valence electrons. The minimum absolute atomic E-state index is 0.290. The maximum atomic E-state index is 12.3. The molecule has 2 rings (SSSR count). The van der Waals surface area contributed by atoms with E-state index in [1.165, 1.54) is 25.7 Å². The van der Waals surface area contributed by atoms with Crippen LogP contribution in [0, 0.1) is 11.8 Å². The van der Waals surface area contributed by atoms with Gasteiger partial charge in [0.1, 0.15) is 0 Å². The van der Waals surface area contributed by atoms with Gasteiger partial charge in [-0.25, -0.2) is 4.79 Å². The minimum Gasteiger partial charge on any atom is -0.324 e. The summed E-state index contributed by atoms with van der Waals surface area (Å²) in [5.41, 5.74) is 0. The Balaban J connectivity index is 1.90. The zero-order valence-electron chi connectivity index (χ0n) is 10.6. The zero-order valence-corrected chi connectivity index (χ0v) is 10.6. The lowest BCUT2D eigenvalue weighted by atomic mass is 9.99. The van der Waals surface area contributed by atoms with E-state index < -0.39 is 0 Å². The first-order valence-electron chi connectivity index (χ1n) is 6.70. The van der Waals surface area contributed by atoms with E-state index in [4.69, 9.17) is 0 Å². The minimum atomic E-state index is 0.290. The third-order valence-corrected chi connectivity index (χ3v) is 3.86. The Morgan fingerprint density at radius 2 is 1.38 bits per heavy atom. The van der Waals surface area contributed by atoms with Gasteiger partial charge in [0.2, 0.25) is 0 Å². The molecule has 0 bridgehead atoms. The number of amides is 2. The lowest BCUT2D eigenvalue weighted by Crippen LogP contribution is -2.50. The lowest BCUT2D eigenvalue weighted by molar-refractivity contribution is 0.114. The van der Waals surface area contributed by atoms with E-state index in [-0.39, 0.29) is 6.03 Å². The van der Waals surface area contributed by atoms with E-state index in [9.17, 15) is 4.79 Å². The van der Waals surface area contributed by atoms with Crippen LogP contribution < -0.4 is 0 Å². The first kappa shape index (κ1) is 11.7. The van der Waals surface area contributed by atoms with E-state index in [2.05, 4.69) is 23.6 Å².